The van der Waals surface area contributed by atoms with Gasteiger partial charge >= 0.3 is 5.97 Å². The summed E-state index contributed by atoms with van der Waals surface area (Å²) in [6.07, 6.45) is -0.0159. The molecule has 0 amide bonds. The lowest BCUT2D eigenvalue weighted by atomic mass is 10.2. The maximum atomic E-state index is 11.9. The number of carbonyl (C=O) groups is 1. The smallest absolute Gasteiger partial charge is 0.303 e. The molecule has 0 bridgehead atoms. The summed E-state index contributed by atoms with van der Waals surface area (Å²) in [4.78, 5) is 22.3. The maximum absolute atomic E-state index is 11.9. The Morgan fingerprint density at radius 2 is 2.25 bits per heavy atom. The van der Waals surface area contributed by atoms with Gasteiger partial charge in [0.15, 0.2) is 4.77 Å². The molecule has 16 heavy (non-hydrogen) atoms. The summed E-state index contributed by atoms with van der Waals surface area (Å²) in [5.74, 6) is -0.959. The number of aromatic nitrogens is 3. The number of nitrogens with one attached hydrogen (secondary N) is 1. The van der Waals surface area contributed by atoms with Gasteiger partial charge in [0.2, 0.25) is 0 Å². The Labute approximate surface area is 96.9 Å². The second-order valence-corrected chi connectivity index (χ2v) is 4.02. The Balaban J connectivity index is 3.14. The van der Waals surface area contributed by atoms with Crippen molar-refractivity contribution in [3.05, 3.63) is 20.8 Å². The molecule has 1 aromatic rings. The number of H-pyrrole nitrogens is 1. The highest BCUT2D eigenvalue weighted by atomic mass is 32.1. The number of nitrogens with zero attached hydrogens (tertiary/aromatic N) is 2. The normalized spacial score (nSPS) is 10.7. The minimum Gasteiger partial charge on any atom is -0.481 e. The number of hydrogen-bond acceptors (Lipinski definition) is 4. The van der Waals surface area contributed by atoms with Crippen LogP contribution in [0.1, 0.15) is 32.0 Å². The number of aryl methyl sites for hydroxylation is 1. The summed E-state index contributed by atoms with van der Waals surface area (Å²) >= 11 is 4.94. The fraction of sp³-hybridized carbons (Fsp3) is 0.556. The van der Waals surface area contributed by atoms with E-state index in [0.29, 0.717) is 0 Å². The van der Waals surface area contributed by atoms with Crippen LogP contribution >= 0.6 is 12.2 Å². The Morgan fingerprint density at radius 1 is 1.62 bits per heavy atom. The molecule has 0 aliphatic carbocycles. The molecule has 0 saturated heterocycles. The van der Waals surface area contributed by atoms with Gasteiger partial charge < -0.3 is 5.11 Å². The average Bonchev–Trinajstić information content (AvgIpc) is 2.15. The number of rotatable bonds is 4. The molecule has 1 aromatic heterocycles. The van der Waals surface area contributed by atoms with E-state index in [9.17, 15) is 9.59 Å². The maximum Gasteiger partial charge on any atom is 0.303 e. The predicted molar refractivity (Wildman–Crippen MR) is 60.0 cm³/mol. The van der Waals surface area contributed by atoms with E-state index in [1.807, 2.05) is 13.8 Å². The van der Waals surface area contributed by atoms with Gasteiger partial charge in [-0.1, -0.05) is 0 Å². The number of hydrogen-bond donors (Lipinski definition) is 2. The van der Waals surface area contributed by atoms with Crippen molar-refractivity contribution in [2.75, 3.05) is 0 Å². The van der Waals surface area contributed by atoms with Crippen molar-refractivity contribution in [3.8, 4) is 0 Å². The van der Waals surface area contributed by atoms with Gasteiger partial charge in [-0.15, -0.1) is 0 Å². The van der Waals surface area contributed by atoms with Crippen molar-refractivity contribution in [2.45, 2.75) is 32.7 Å². The molecule has 2 N–H and O–H groups in total. The quantitative estimate of drug-likeness (QED) is 0.767. The van der Waals surface area contributed by atoms with E-state index in [4.69, 9.17) is 17.3 Å². The molecule has 0 atom stereocenters. The van der Waals surface area contributed by atoms with E-state index in [0.717, 1.165) is 0 Å². The van der Waals surface area contributed by atoms with E-state index < -0.39 is 5.97 Å². The summed E-state index contributed by atoms with van der Waals surface area (Å²) in [7, 11) is 0. The Morgan fingerprint density at radius 3 is 2.75 bits per heavy atom. The number of aliphatic carboxylic acids is 1. The number of aromatic amines is 1. The molecule has 6 nitrogen and oxygen atoms in total. The minimum atomic E-state index is -0.959. The first-order valence-corrected chi connectivity index (χ1v) is 5.26. The first-order valence-electron chi connectivity index (χ1n) is 4.85. The molecular formula is C9H13N3O3S. The second kappa shape index (κ2) is 5.02. The lowest BCUT2D eigenvalue weighted by Gasteiger charge is -2.10. The molecule has 0 aliphatic rings. The molecule has 1 rings (SSSR count). The van der Waals surface area contributed by atoms with Crippen LogP contribution in [0.15, 0.2) is 4.79 Å². The van der Waals surface area contributed by atoms with E-state index in [1.54, 1.807) is 0 Å². The van der Waals surface area contributed by atoms with Crippen LogP contribution in [0.2, 0.25) is 0 Å². The predicted octanol–water partition coefficient (Wildman–Crippen LogP) is 0.899. The topological polar surface area (TPSA) is 88.0 Å². The fourth-order valence-corrected chi connectivity index (χ4v) is 1.64. The molecule has 0 unspecified atom stereocenters. The molecule has 1 heterocycles. The van der Waals surface area contributed by atoms with E-state index in [2.05, 4.69) is 10.2 Å². The Bertz CT molecular complexity index is 503. The van der Waals surface area contributed by atoms with Crippen LogP contribution < -0.4 is 5.56 Å². The summed E-state index contributed by atoms with van der Waals surface area (Å²) < 4.78 is 1.64. The third-order valence-electron chi connectivity index (χ3n) is 2.06. The first-order chi connectivity index (χ1) is 7.43. The summed E-state index contributed by atoms with van der Waals surface area (Å²) in [5, 5.41) is 14.8. The van der Waals surface area contributed by atoms with Crippen molar-refractivity contribution in [2.24, 2.45) is 0 Å². The third kappa shape index (κ3) is 2.75. The van der Waals surface area contributed by atoms with E-state index >= 15 is 0 Å². The van der Waals surface area contributed by atoms with Gasteiger partial charge in [-0.05, 0) is 26.1 Å². The van der Waals surface area contributed by atoms with Crippen molar-refractivity contribution >= 4 is 18.2 Å². The summed E-state index contributed by atoms with van der Waals surface area (Å²) in [5.41, 5.74) is -0.121. The summed E-state index contributed by atoms with van der Waals surface area (Å²) in [6.45, 7) is 3.65. The lowest BCUT2D eigenvalue weighted by Crippen LogP contribution is -2.28. The zero-order chi connectivity index (χ0) is 12.3. The molecule has 0 fully saturated rings. The van der Waals surface area contributed by atoms with Gasteiger partial charge in [0.1, 0.15) is 5.69 Å². The van der Waals surface area contributed by atoms with Crippen LogP contribution in [-0.2, 0) is 11.2 Å². The van der Waals surface area contributed by atoms with Crippen LogP contribution in [-0.4, -0.2) is 25.8 Å². The van der Waals surface area contributed by atoms with Gasteiger partial charge in [-0.3, -0.25) is 19.3 Å². The molecule has 0 saturated carbocycles. The molecule has 88 valence electrons. The Kier molecular flexibility index (Phi) is 3.94. The van der Waals surface area contributed by atoms with E-state index in [1.165, 1.54) is 4.57 Å². The van der Waals surface area contributed by atoms with Gasteiger partial charge in [0.05, 0.1) is 6.42 Å². The van der Waals surface area contributed by atoms with E-state index in [-0.39, 0.29) is 34.9 Å². The molecule has 0 aromatic carbocycles. The highest BCUT2D eigenvalue weighted by Crippen LogP contribution is 2.01. The van der Waals surface area contributed by atoms with Crippen LogP contribution in [0.4, 0.5) is 0 Å². The summed E-state index contributed by atoms with van der Waals surface area (Å²) in [6, 6.07) is -0.0807. The first kappa shape index (κ1) is 12.6. The van der Waals surface area contributed by atoms with Crippen LogP contribution in [0.5, 0.6) is 0 Å². The fourth-order valence-electron chi connectivity index (χ4n) is 1.31. The Hall–Kier alpha value is -1.50. The SMILES string of the molecule is CC(C)n1c(=S)[nH]nc(CCC(=O)O)c1=O. The van der Waals surface area contributed by atoms with Gasteiger partial charge in [-0.2, -0.15) is 5.10 Å². The van der Waals surface area contributed by atoms with Crippen molar-refractivity contribution < 1.29 is 9.90 Å². The monoisotopic (exact) mass is 243 g/mol. The van der Waals surface area contributed by atoms with Crippen LogP contribution in [0.25, 0.3) is 0 Å². The molecule has 0 aliphatic heterocycles. The molecule has 7 heteroatoms. The average molecular weight is 243 g/mol. The zero-order valence-corrected chi connectivity index (χ0v) is 9.87. The zero-order valence-electron chi connectivity index (χ0n) is 9.06. The third-order valence-corrected chi connectivity index (χ3v) is 2.35. The highest BCUT2D eigenvalue weighted by molar-refractivity contribution is 7.71. The lowest BCUT2D eigenvalue weighted by molar-refractivity contribution is -0.136. The molecule has 0 radical (unpaired) electrons. The van der Waals surface area contributed by atoms with Crippen molar-refractivity contribution in [3.63, 3.8) is 0 Å². The molecular weight excluding hydrogens is 230 g/mol. The number of carboxylic acid groups (broad SMARTS) is 1. The van der Waals surface area contributed by atoms with Crippen LogP contribution in [0.3, 0.4) is 0 Å². The number of carboxylic acids is 1. The second-order valence-electron chi connectivity index (χ2n) is 3.64. The minimum absolute atomic E-state index is 0.0807. The van der Waals surface area contributed by atoms with Crippen molar-refractivity contribution in [1.29, 1.82) is 0 Å². The molecule has 0 spiro atoms. The largest absolute Gasteiger partial charge is 0.481 e. The van der Waals surface area contributed by atoms with Crippen LogP contribution in [0, 0.1) is 4.77 Å². The van der Waals surface area contributed by atoms with Gasteiger partial charge in [0.25, 0.3) is 5.56 Å². The van der Waals surface area contributed by atoms with Gasteiger partial charge in [-0.25, -0.2) is 0 Å². The van der Waals surface area contributed by atoms with Crippen molar-refractivity contribution in [1.82, 2.24) is 14.8 Å². The van der Waals surface area contributed by atoms with Gasteiger partial charge in [0, 0.05) is 12.5 Å². The highest BCUT2D eigenvalue weighted by Gasteiger charge is 2.10. The standard InChI is InChI=1S/C9H13N3O3S/c1-5(2)12-8(15)6(3-4-7(13)14)10-11-9(12)16/h5H,3-4H2,1-2H3,(H,11,16)(H,13,14).